The second kappa shape index (κ2) is 4.62. The van der Waals surface area contributed by atoms with E-state index in [1.165, 1.54) is 0 Å². The number of ketones is 1. The van der Waals surface area contributed by atoms with Gasteiger partial charge in [0, 0.05) is 6.42 Å². The summed E-state index contributed by atoms with van der Waals surface area (Å²) in [5, 5.41) is 8.50. The molecule has 1 rings (SSSR count). The number of carbonyl (C=O) groups is 1. The zero-order chi connectivity index (χ0) is 9.68. The first-order chi connectivity index (χ1) is 6.24. The van der Waals surface area contributed by atoms with E-state index < -0.39 is 0 Å². The predicted octanol–water partition coefficient (Wildman–Crippen LogP) is 2.06. The topological polar surface area (TPSA) is 46.5 Å². The minimum atomic E-state index is 0.132. The van der Waals surface area contributed by atoms with Crippen LogP contribution >= 0.6 is 0 Å². The largest absolute Gasteiger partial charge is 0.340 e. The summed E-state index contributed by atoms with van der Waals surface area (Å²) in [5.41, 5.74) is 0.847. The van der Waals surface area contributed by atoms with Gasteiger partial charge in [-0.15, -0.1) is 0 Å². The van der Waals surface area contributed by atoms with Gasteiger partial charge in [0.1, 0.15) is 5.78 Å². The van der Waals surface area contributed by atoms with Crippen LogP contribution in [-0.2, 0) is 11.2 Å². The minimum Gasteiger partial charge on any atom is -0.340 e. The molecule has 0 aromatic heterocycles. The molecule has 70 valence electrons. The van der Waals surface area contributed by atoms with Crippen molar-refractivity contribution in [3.05, 3.63) is 29.8 Å². The fourth-order valence-electron chi connectivity index (χ4n) is 1.11. The lowest BCUT2D eigenvalue weighted by Crippen LogP contribution is -1.96. The zero-order valence-electron chi connectivity index (χ0n) is 7.49. The molecule has 3 nitrogen and oxygen atoms in total. The van der Waals surface area contributed by atoms with E-state index >= 15 is 0 Å². The van der Waals surface area contributed by atoms with Gasteiger partial charge in [-0.1, -0.05) is 18.2 Å². The van der Waals surface area contributed by atoms with Crippen LogP contribution in [0.1, 0.15) is 18.9 Å². The molecular weight excluding hydrogens is 168 g/mol. The highest BCUT2D eigenvalue weighted by molar-refractivity contribution is 5.75. The molecule has 0 atom stereocenters. The van der Waals surface area contributed by atoms with Gasteiger partial charge in [-0.05, 0) is 25.0 Å². The van der Waals surface area contributed by atoms with E-state index in [0.29, 0.717) is 18.6 Å². The molecule has 1 aromatic rings. The third kappa shape index (κ3) is 2.87. The van der Waals surface area contributed by atoms with E-state index in [1.807, 2.05) is 12.1 Å². The summed E-state index contributed by atoms with van der Waals surface area (Å²) in [6, 6.07) is 7.10. The normalized spacial score (nSPS) is 9.69. The van der Waals surface area contributed by atoms with Crippen molar-refractivity contribution in [2.45, 2.75) is 19.8 Å². The summed E-state index contributed by atoms with van der Waals surface area (Å²) in [7, 11) is 0. The van der Waals surface area contributed by atoms with Gasteiger partial charge in [-0.2, -0.15) is 0 Å². The van der Waals surface area contributed by atoms with Gasteiger partial charge < -0.3 is 9.68 Å². The summed E-state index contributed by atoms with van der Waals surface area (Å²) in [6.45, 7) is 1.54. The lowest BCUT2D eigenvalue weighted by molar-refractivity contribution is -0.138. The van der Waals surface area contributed by atoms with Gasteiger partial charge in [0.05, 0.1) is 0 Å². The molecular formula is C10H12O3. The Labute approximate surface area is 76.9 Å². The SMILES string of the molecule is CC(=O)CCc1ccccc1OO. The average Bonchev–Trinajstić information content (AvgIpc) is 2.15. The molecule has 1 aromatic carbocycles. The number of Topliss-reactive ketones (excluding diaryl/α,β-unsaturated/α-hetero) is 1. The van der Waals surface area contributed by atoms with Crippen LogP contribution in [-0.4, -0.2) is 11.0 Å². The van der Waals surface area contributed by atoms with Crippen molar-refractivity contribution in [3.8, 4) is 5.75 Å². The van der Waals surface area contributed by atoms with Crippen molar-refractivity contribution >= 4 is 5.78 Å². The molecule has 0 aliphatic rings. The summed E-state index contributed by atoms with van der Waals surface area (Å²) >= 11 is 0. The summed E-state index contributed by atoms with van der Waals surface area (Å²) < 4.78 is 0. The maximum atomic E-state index is 10.7. The van der Waals surface area contributed by atoms with E-state index in [9.17, 15) is 4.79 Å². The number of carbonyl (C=O) groups excluding carboxylic acids is 1. The Morgan fingerprint density at radius 1 is 1.46 bits per heavy atom. The fourth-order valence-corrected chi connectivity index (χ4v) is 1.11. The zero-order valence-corrected chi connectivity index (χ0v) is 7.49. The summed E-state index contributed by atoms with van der Waals surface area (Å²) in [4.78, 5) is 14.9. The molecule has 1 N–H and O–H groups in total. The highest BCUT2D eigenvalue weighted by Gasteiger charge is 2.03. The molecule has 13 heavy (non-hydrogen) atoms. The van der Waals surface area contributed by atoms with Crippen LogP contribution in [0, 0.1) is 0 Å². The molecule has 0 amide bonds. The van der Waals surface area contributed by atoms with Crippen LogP contribution in [0.15, 0.2) is 24.3 Å². The van der Waals surface area contributed by atoms with E-state index in [0.717, 1.165) is 5.56 Å². The van der Waals surface area contributed by atoms with Gasteiger partial charge in [0.25, 0.3) is 0 Å². The molecule has 0 saturated carbocycles. The Kier molecular flexibility index (Phi) is 3.46. The van der Waals surface area contributed by atoms with Gasteiger partial charge in [0.2, 0.25) is 0 Å². The minimum absolute atomic E-state index is 0.132. The van der Waals surface area contributed by atoms with Crippen molar-refractivity contribution in [1.82, 2.24) is 0 Å². The predicted molar refractivity (Wildman–Crippen MR) is 48.7 cm³/mol. The Morgan fingerprint density at radius 2 is 2.15 bits per heavy atom. The molecule has 0 unspecified atom stereocenters. The third-order valence-electron chi connectivity index (χ3n) is 1.82. The maximum absolute atomic E-state index is 10.7. The third-order valence-corrected chi connectivity index (χ3v) is 1.82. The number of hydrogen-bond acceptors (Lipinski definition) is 3. The number of aryl methyl sites for hydroxylation is 1. The van der Waals surface area contributed by atoms with Crippen LogP contribution in [0.3, 0.4) is 0 Å². The Balaban J connectivity index is 2.69. The van der Waals surface area contributed by atoms with Crippen LogP contribution < -0.4 is 4.89 Å². The first kappa shape index (κ1) is 9.74. The van der Waals surface area contributed by atoms with E-state index in [4.69, 9.17) is 5.26 Å². The first-order valence-corrected chi connectivity index (χ1v) is 4.13. The second-order valence-corrected chi connectivity index (χ2v) is 2.90. The van der Waals surface area contributed by atoms with Crippen LogP contribution in [0.5, 0.6) is 5.75 Å². The van der Waals surface area contributed by atoms with E-state index in [-0.39, 0.29) is 5.78 Å². The summed E-state index contributed by atoms with van der Waals surface area (Å²) in [6.07, 6.45) is 1.08. The Morgan fingerprint density at radius 3 is 2.77 bits per heavy atom. The lowest BCUT2D eigenvalue weighted by atomic mass is 10.1. The maximum Gasteiger partial charge on any atom is 0.168 e. The van der Waals surface area contributed by atoms with Crippen LogP contribution in [0.4, 0.5) is 0 Å². The Hall–Kier alpha value is -1.35. The standard InChI is InChI=1S/C10H12O3/c1-8(11)6-7-9-4-2-3-5-10(9)13-12/h2-5,12H,6-7H2,1H3. The number of rotatable bonds is 4. The highest BCUT2D eigenvalue weighted by atomic mass is 17.1. The van der Waals surface area contributed by atoms with Crippen molar-refractivity contribution in [3.63, 3.8) is 0 Å². The van der Waals surface area contributed by atoms with Crippen molar-refractivity contribution < 1.29 is 14.9 Å². The van der Waals surface area contributed by atoms with Crippen molar-refractivity contribution in [2.75, 3.05) is 0 Å². The molecule has 0 aliphatic heterocycles. The average molecular weight is 180 g/mol. The highest BCUT2D eigenvalue weighted by Crippen LogP contribution is 2.18. The number of benzene rings is 1. The molecule has 0 heterocycles. The molecule has 0 radical (unpaired) electrons. The number of hydrogen-bond donors (Lipinski definition) is 1. The first-order valence-electron chi connectivity index (χ1n) is 4.13. The van der Waals surface area contributed by atoms with Gasteiger partial charge in [-0.25, -0.2) is 5.26 Å². The smallest absolute Gasteiger partial charge is 0.168 e. The molecule has 0 saturated heterocycles. The quantitative estimate of drug-likeness (QED) is 0.569. The van der Waals surface area contributed by atoms with Crippen LogP contribution in [0.25, 0.3) is 0 Å². The number of para-hydroxylation sites is 1. The summed E-state index contributed by atoms with van der Waals surface area (Å²) in [5.74, 6) is 0.552. The second-order valence-electron chi connectivity index (χ2n) is 2.90. The van der Waals surface area contributed by atoms with Gasteiger partial charge in [-0.3, -0.25) is 0 Å². The Bertz CT molecular complexity index is 294. The fraction of sp³-hybridized carbons (Fsp3) is 0.300. The lowest BCUT2D eigenvalue weighted by Gasteiger charge is -2.03. The monoisotopic (exact) mass is 180 g/mol. The molecule has 0 spiro atoms. The molecule has 0 fully saturated rings. The molecule has 0 bridgehead atoms. The van der Waals surface area contributed by atoms with E-state index in [1.54, 1.807) is 19.1 Å². The molecule has 3 heteroatoms. The van der Waals surface area contributed by atoms with Gasteiger partial charge in [0.15, 0.2) is 5.75 Å². The van der Waals surface area contributed by atoms with Crippen LogP contribution in [0.2, 0.25) is 0 Å². The van der Waals surface area contributed by atoms with E-state index in [2.05, 4.69) is 4.89 Å². The van der Waals surface area contributed by atoms with Crippen molar-refractivity contribution in [1.29, 1.82) is 0 Å². The molecule has 0 aliphatic carbocycles. The van der Waals surface area contributed by atoms with Crippen molar-refractivity contribution in [2.24, 2.45) is 0 Å². The van der Waals surface area contributed by atoms with Gasteiger partial charge >= 0.3 is 0 Å².